The van der Waals surface area contributed by atoms with Crippen LogP contribution in [0.4, 0.5) is 5.69 Å². The lowest BCUT2D eigenvalue weighted by Gasteiger charge is -2.32. The molecule has 106 valence electrons. The minimum absolute atomic E-state index is 0.763. The van der Waals surface area contributed by atoms with Crippen LogP contribution in [0, 0.1) is 5.92 Å². The number of anilines is 1. The SMILES string of the molecule is CCC1CCCN(CCCOc2cccc(N)c2)C1. The zero-order chi connectivity index (χ0) is 13.5. The monoisotopic (exact) mass is 262 g/mol. The molecule has 1 unspecified atom stereocenters. The lowest BCUT2D eigenvalue weighted by atomic mass is 9.96. The largest absolute Gasteiger partial charge is 0.493 e. The molecule has 0 amide bonds. The summed E-state index contributed by atoms with van der Waals surface area (Å²) < 4.78 is 5.72. The summed E-state index contributed by atoms with van der Waals surface area (Å²) in [6, 6.07) is 7.66. The maximum Gasteiger partial charge on any atom is 0.121 e. The Labute approximate surface area is 116 Å². The molecule has 0 aliphatic carbocycles. The van der Waals surface area contributed by atoms with Crippen LogP contribution < -0.4 is 10.5 Å². The first-order valence-electron chi connectivity index (χ1n) is 7.48. The Morgan fingerprint density at radius 3 is 3.11 bits per heavy atom. The zero-order valence-electron chi connectivity index (χ0n) is 12.0. The van der Waals surface area contributed by atoms with Crippen LogP contribution in [-0.2, 0) is 0 Å². The molecule has 0 radical (unpaired) electrons. The number of piperidine rings is 1. The highest BCUT2D eigenvalue weighted by Crippen LogP contribution is 2.19. The van der Waals surface area contributed by atoms with Gasteiger partial charge in [0.25, 0.3) is 0 Å². The van der Waals surface area contributed by atoms with E-state index < -0.39 is 0 Å². The van der Waals surface area contributed by atoms with Gasteiger partial charge in [-0.1, -0.05) is 19.4 Å². The highest BCUT2D eigenvalue weighted by Gasteiger charge is 2.17. The molecule has 0 spiro atoms. The molecule has 3 nitrogen and oxygen atoms in total. The molecule has 1 atom stereocenters. The lowest BCUT2D eigenvalue weighted by molar-refractivity contribution is 0.160. The Morgan fingerprint density at radius 1 is 1.42 bits per heavy atom. The summed E-state index contributed by atoms with van der Waals surface area (Å²) in [5, 5.41) is 0. The number of nitrogens with two attached hydrogens (primary N) is 1. The van der Waals surface area contributed by atoms with Crippen LogP contribution in [0.2, 0.25) is 0 Å². The standard InChI is InChI=1S/C16H26N2O/c1-2-14-6-4-9-18(13-14)10-5-11-19-16-8-3-7-15(17)12-16/h3,7-8,12,14H,2,4-6,9-11,13,17H2,1H3. The van der Waals surface area contributed by atoms with Gasteiger partial charge in [-0.05, 0) is 43.9 Å². The van der Waals surface area contributed by atoms with E-state index in [0.29, 0.717) is 0 Å². The fraction of sp³-hybridized carbons (Fsp3) is 0.625. The van der Waals surface area contributed by atoms with Crippen molar-refractivity contribution in [2.45, 2.75) is 32.6 Å². The molecular weight excluding hydrogens is 236 g/mol. The zero-order valence-corrected chi connectivity index (χ0v) is 12.0. The number of hydrogen-bond donors (Lipinski definition) is 1. The van der Waals surface area contributed by atoms with Crippen molar-refractivity contribution in [3.8, 4) is 5.75 Å². The minimum Gasteiger partial charge on any atom is -0.493 e. The average Bonchev–Trinajstić information content (AvgIpc) is 2.44. The van der Waals surface area contributed by atoms with Gasteiger partial charge in [-0.25, -0.2) is 0 Å². The fourth-order valence-electron chi connectivity index (χ4n) is 2.77. The Bertz CT molecular complexity index is 381. The van der Waals surface area contributed by atoms with Crippen LogP contribution in [0.5, 0.6) is 5.75 Å². The first kappa shape index (κ1) is 14.2. The molecule has 1 aliphatic heterocycles. The first-order valence-corrected chi connectivity index (χ1v) is 7.48. The van der Waals surface area contributed by atoms with E-state index in [4.69, 9.17) is 10.5 Å². The van der Waals surface area contributed by atoms with E-state index in [1.807, 2.05) is 24.3 Å². The summed E-state index contributed by atoms with van der Waals surface area (Å²) in [5.41, 5.74) is 6.49. The fourth-order valence-corrected chi connectivity index (χ4v) is 2.77. The molecule has 1 aromatic carbocycles. The topological polar surface area (TPSA) is 38.5 Å². The number of nitrogens with zero attached hydrogens (tertiary/aromatic N) is 1. The second kappa shape index (κ2) is 7.39. The highest BCUT2D eigenvalue weighted by molar-refractivity contribution is 5.43. The van der Waals surface area contributed by atoms with Crippen LogP contribution in [0.3, 0.4) is 0 Å². The van der Waals surface area contributed by atoms with E-state index in [1.54, 1.807) is 0 Å². The first-order chi connectivity index (χ1) is 9.28. The Kier molecular flexibility index (Phi) is 5.52. The van der Waals surface area contributed by atoms with Gasteiger partial charge in [0, 0.05) is 24.8 Å². The van der Waals surface area contributed by atoms with Crippen molar-refractivity contribution in [2.24, 2.45) is 5.92 Å². The molecule has 2 N–H and O–H groups in total. The molecule has 2 rings (SSSR count). The quantitative estimate of drug-likeness (QED) is 0.632. The van der Waals surface area contributed by atoms with E-state index in [2.05, 4.69) is 11.8 Å². The third-order valence-corrected chi connectivity index (χ3v) is 3.93. The van der Waals surface area contributed by atoms with E-state index in [0.717, 1.165) is 36.9 Å². The summed E-state index contributed by atoms with van der Waals surface area (Å²) in [6.45, 7) is 6.76. The molecule has 3 heteroatoms. The van der Waals surface area contributed by atoms with Crippen LogP contribution in [0.1, 0.15) is 32.6 Å². The van der Waals surface area contributed by atoms with Crippen LogP contribution >= 0.6 is 0 Å². The molecule has 1 aromatic rings. The number of likely N-dealkylation sites (tertiary alicyclic amines) is 1. The number of ether oxygens (including phenoxy) is 1. The maximum absolute atomic E-state index is 5.72. The van der Waals surface area contributed by atoms with Crippen molar-refractivity contribution in [1.29, 1.82) is 0 Å². The minimum atomic E-state index is 0.763. The predicted octanol–water partition coefficient (Wildman–Crippen LogP) is 3.16. The van der Waals surface area contributed by atoms with Gasteiger partial charge >= 0.3 is 0 Å². The van der Waals surface area contributed by atoms with Gasteiger partial charge in [0.2, 0.25) is 0 Å². The Hall–Kier alpha value is -1.22. The number of benzene rings is 1. The second-order valence-electron chi connectivity index (χ2n) is 5.49. The summed E-state index contributed by atoms with van der Waals surface area (Å²) >= 11 is 0. The third-order valence-electron chi connectivity index (χ3n) is 3.93. The predicted molar refractivity (Wildman–Crippen MR) is 80.4 cm³/mol. The van der Waals surface area contributed by atoms with Crippen molar-refractivity contribution >= 4 is 5.69 Å². The van der Waals surface area contributed by atoms with E-state index >= 15 is 0 Å². The summed E-state index contributed by atoms with van der Waals surface area (Å²) in [4.78, 5) is 2.58. The van der Waals surface area contributed by atoms with Crippen molar-refractivity contribution < 1.29 is 4.74 Å². The number of hydrogen-bond acceptors (Lipinski definition) is 3. The van der Waals surface area contributed by atoms with Crippen molar-refractivity contribution in [3.05, 3.63) is 24.3 Å². The van der Waals surface area contributed by atoms with E-state index in [1.165, 1.54) is 32.4 Å². The van der Waals surface area contributed by atoms with Gasteiger partial charge < -0.3 is 15.4 Å². The molecule has 1 aliphatic rings. The summed E-state index contributed by atoms with van der Waals surface area (Å²) in [7, 11) is 0. The van der Waals surface area contributed by atoms with Gasteiger partial charge in [0.15, 0.2) is 0 Å². The molecule has 1 saturated heterocycles. The highest BCUT2D eigenvalue weighted by atomic mass is 16.5. The van der Waals surface area contributed by atoms with Crippen molar-refractivity contribution in [3.63, 3.8) is 0 Å². The van der Waals surface area contributed by atoms with E-state index in [-0.39, 0.29) is 0 Å². The molecule has 0 bridgehead atoms. The Morgan fingerprint density at radius 2 is 2.32 bits per heavy atom. The normalized spacial score (nSPS) is 20.4. The third kappa shape index (κ3) is 4.75. The average molecular weight is 262 g/mol. The lowest BCUT2D eigenvalue weighted by Crippen LogP contribution is -2.36. The maximum atomic E-state index is 5.72. The molecule has 19 heavy (non-hydrogen) atoms. The van der Waals surface area contributed by atoms with Crippen LogP contribution in [0.15, 0.2) is 24.3 Å². The molecule has 0 aromatic heterocycles. The second-order valence-corrected chi connectivity index (χ2v) is 5.49. The van der Waals surface area contributed by atoms with Crippen LogP contribution in [-0.4, -0.2) is 31.1 Å². The number of nitrogen functional groups attached to an aromatic ring is 1. The molecule has 1 heterocycles. The number of rotatable bonds is 6. The molecule has 1 fully saturated rings. The Balaban J connectivity index is 1.64. The van der Waals surface area contributed by atoms with Gasteiger partial charge in [-0.2, -0.15) is 0 Å². The van der Waals surface area contributed by atoms with Gasteiger partial charge in [0.05, 0.1) is 6.61 Å². The molecule has 0 saturated carbocycles. The van der Waals surface area contributed by atoms with Crippen LogP contribution in [0.25, 0.3) is 0 Å². The summed E-state index contributed by atoms with van der Waals surface area (Å²) in [5.74, 6) is 1.79. The van der Waals surface area contributed by atoms with Gasteiger partial charge in [0.1, 0.15) is 5.75 Å². The van der Waals surface area contributed by atoms with Crippen molar-refractivity contribution in [2.75, 3.05) is 32.0 Å². The van der Waals surface area contributed by atoms with E-state index in [9.17, 15) is 0 Å². The van der Waals surface area contributed by atoms with Gasteiger partial charge in [-0.15, -0.1) is 0 Å². The molecular formula is C16H26N2O. The van der Waals surface area contributed by atoms with Crippen molar-refractivity contribution in [1.82, 2.24) is 4.90 Å². The summed E-state index contributed by atoms with van der Waals surface area (Å²) in [6.07, 6.45) is 5.17. The smallest absolute Gasteiger partial charge is 0.121 e. The van der Waals surface area contributed by atoms with Gasteiger partial charge in [-0.3, -0.25) is 0 Å².